The number of hydrogen-bond donors (Lipinski definition) is 0. The van der Waals surface area contributed by atoms with Gasteiger partial charge in [0, 0.05) is 5.41 Å². The zero-order chi connectivity index (χ0) is 50.3. The van der Waals surface area contributed by atoms with E-state index in [0.29, 0.717) is 23.7 Å². The predicted octanol–water partition coefficient (Wildman–Crippen LogP) is 20.9. The zero-order valence-corrected chi connectivity index (χ0v) is 45.8. The van der Waals surface area contributed by atoms with Crippen LogP contribution >= 0.6 is 0 Å². The van der Waals surface area contributed by atoms with Crippen LogP contribution in [0.15, 0.2) is 162 Å². The molecule has 0 amide bonds. The second-order valence-electron chi connectivity index (χ2n) is 20.2. The number of aryl methyl sites for hydroxylation is 4. The highest BCUT2D eigenvalue weighted by molar-refractivity contribution is 6.03. The van der Waals surface area contributed by atoms with E-state index in [1.165, 1.54) is 119 Å². The third-order valence-corrected chi connectivity index (χ3v) is 14.4. The Morgan fingerprint density at radius 1 is 0.559 bits per heavy atom. The van der Waals surface area contributed by atoms with Gasteiger partial charge in [0.1, 0.15) is 0 Å². The minimum absolute atomic E-state index is 0.0107. The Labute approximate surface area is 416 Å². The molecule has 0 aromatic heterocycles. The van der Waals surface area contributed by atoms with Crippen molar-refractivity contribution in [3.63, 3.8) is 0 Å². The van der Waals surface area contributed by atoms with Crippen molar-refractivity contribution in [1.29, 1.82) is 0 Å². The standard InChI is InChI=1S/C40H44.C8H12.C8H10.C7H8.C3H8.C2H6/c1-10-13-32-27(6)24(3)28(7)36-21-29(16-18-33(32)36)25(4)26(5)30-17-19-35-37(22-30)40(8,9)38-20-23(2)31-14-11-12-15-34(31)39(35)38;1-7-3-5-8(2)6-4-7;1-7-4-3-5-8(2)6-7;1-7-5-3-2-4-6-7;1-3-2;1-2/h10-22,24-26,28H,1-9H3;3,5H,4,6H2,1-2H3;3-6H,1-2H3;2-6H,1H3;3H2,1-2H3;1-2H3/b13-10-;;;;;. The van der Waals surface area contributed by atoms with Crippen molar-refractivity contribution in [2.75, 3.05) is 0 Å². The topological polar surface area (TPSA) is 0 Å². The van der Waals surface area contributed by atoms with Crippen molar-refractivity contribution < 1.29 is 0 Å². The van der Waals surface area contributed by atoms with Gasteiger partial charge in [-0.2, -0.15) is 0 Å². The first-order valence-corrected chi connectivity index (χ1v) is 26.0. The van der Waals surface area contributed by atoms with Crippen molar-refractivity contribution >= 4 is 16.3 Å². The molecule has 3 aliphatic rings. The highest BCUT2D eigenvalue weighted by atomic mass is 14.4. The second-order valence-corrected chi connectivity index (χ2v) is 20.2. The number of hydrogen-bond acceptors (Lipinski definition) is 0. The Morgan fingerprint density at radius 3 is 1.54 bits per heavy atom. The van der Waals surface area contributed by atoms with E-state index in [0.717, 1.165) is 0 Å². The van der Waals surface area contributed by atoms with Crippen LogP contribution in [0.2, 0.25) is 0 Å². The number of rotatable bonds is 4. The van der Waals surface area contributed by atoms with E-state index in [1.54, 1.807) is 0 Å². The van der Waals surface area contributed by atoms with Gasteiger partial charge in [0.2, 0.25) is 0 Å². The lowest BCUT2D eigenvalue weighted by Crippen LogP contribution is -2.17. The maximum absolute atomic E-state index is 2.53. The van der Waals surface area contributed by atoms with Gasteiger partial charge in [-0.25, -0.2) is 0 Å². The Kier molecular flexibility index (Phi) is 20.9. The molecule has 0 spiro atoms. The molecule has 360 valence electrons. The monoisotopic (exact) mass is 905 g/mol. The van der Waals surface area contributed by atoms with E-state index in [-0.39, 0.29) is 5.41 Å². The average molecular weight is 905 g/mol. The van der Waals surface area contributed by atoms with Gasteiger partial charge in [-0.05, 0) is 158 Å². The number of benzene rings is 6. The molecule has 0 saturated heterocycles. The van der Waals surface area contributed by atoms with Crippen molar-refractivity contribution in [2.24, 2.45) is 5.92 Å². The van der Waals surface area contributed by atoms with E-state index in [1.807, 2.05) is 32.0 Å². The minimum Gasteiger partial charge on any atom is -0.0870 e. The molecule has 3 aliphatic carbocycles. The fourth-order valence-electron chi connectivity index (χ4n) is 9.81. The van der Waals surface area contributed by atoms with Crippen molar-refractivity contribution in [2.45, 2.75) is 167 Å². The summed E-state index contributed by atoms with van der Waals surface area (Å²) >= 11 is 0. The van der Waals surface area contributed by atoms with Gasteiger partial charge in [-0.1, -0.05) is 255 Å². The van der Waals surface area contributed by atoms with E-state index >= 15 is 0 Å². The van der Waals surface area contributed by atoms with Crippen LogP contribution in [0.1, 0.15) is 190 Å². The van der Waals surface area contributed by atoms with Crippen LogP contribution in [0.4, 0.5) is 0 Å². The van der Waals surface area contributed by atoms with Crippen LogP contribution in [0.5, 0.6) is 0 Å². The Hall–Kier alpha value is -5.46. The zero-order valence-electron chi connectivity index (χ0n) is 45.8. The van der Waals surface area contributed by atoms with Crippen LogP contribution in [0, 0.1) is 33.6 Å². The summed E-state index contributed by atoms with van der Waals surface area (Å²) in [6.45, 7) is 40.1. The quantitative estimate of drug-likeness (QED) is 0.165. The summed E-state index contributed by atoms with van der Waals surface area (Å²) in [6, 6.07) is 44.7. The predicted molar refractivity (Wildman–Crippen MR) is 306 cm³/mol. The minimum atomic E-state index is -0.0107. The molecule has 4 atom stereocenters. The Morgan fingerprint density at radius 2 is 1.06 bits per heavy atom. The molecule has 0 fully saturated rings. The summed E-state index contributed by atoms with van der Waals surface area (Å²) < 4.78 is 0. The van der Waals surface area contributed by atoms with Crippen molar-refractivity contribution in [3.8, 4) is 11.1 Å². The van der Waals surface area contributed by atoms with Gasteiger partial charge < -0.3 is 0 Å². The summed E-state index contributed by atoms with van der Waals surface area (Å²) in [5, 5.41) is 2.76. The van der Waals surface area contributed by atoms with E-state index in [4.69, 9.17) is 0 Å². The molecule has 0 radical (unpaired) electrons. The van der Waals surface area contributed by atoms with Crippen LogP contribution < -0.4 is 0 Å². The molecule has 0 nitrogen and oxygen atoms in total. The molecule has 68 heavy (non-hydrogen) atoms. The SMILES string of the molecule is C/C=C\C1=C(C)C(C)C(C)c2cc(C(C)C(C)c3ccc4c(c3)C(C)(C)c3cc(C)c5ccccc5c3-4)ccc21.CC.CC1=CC=C(C)CC1.CCC.Cc1cccc(C)c1.Cc1ccccc1. The molecular formula is C68H88. The maximum Gasteiger partial charge on any atom is 0.0159 e. The smallest absolute Gasteiger partial charge is 0.0159 e. The number of allylic oxidation sites excluding steroid dienone is 8. The van der Waals surface area contributed by atoms with Crippen molar-refractivity contribution in [3.05, 3.63) is 218 Å². The molecule has 9 rings (SSSR count). The highest BCUT2D eigenvalue weighted by Gasteiger charge is 2.37. The molecule has 0 bridgehead atoms. The van der Waals surface area contributed by atoms with Gasteiger partial charge in [0.15, 0.2) is 0 Å². The van der Waals surface area contributed by atoms with Crippen LogP contribution in [0.3, 0.4) is 0 Å². The summed E-state index contributed by atoms with van der Waals surface area (Å²) in [7, 11) is 0. The maximum atomic E-state index is 2.53. The average Bonchev–Trinajstić information content (AvgIpc) is 3.56. The second kappa shape index (κ2) is 25.8. The summed E-state index contributed by atoms with van der Waals surface area (Å²) in [6.07, 6.45) is 12.7. The molecular weight excluding hydrogens is 817 g/mol. The van der Waals surface area contributed by atoms with Gasteiger partial charge in [-0.3, -0.25) is 0 Å². The number of fused-ring (bicyclic) bond motifs is 6. The molecule has 0 N–H and O–H groups in total. The molecule has 6 aromatic rings. The molecule has 0 heterocycles. The van der Waals surface area contributed by atoms with E-state index < -0.39 is 0 Å². The van der Waals surface area contributed by atoms with Gasteiger partial charge in [-0.15, -0.1) is 0 Å². The summed E-state index contributed by atoms with van der Waals surface area (Å²) in [4.78, 5) is 0. The van der Waals surface area contributed by atoms with Gasteiger partial charge in [0.05, 0.1) is 0 Å². The van der Waals surface area contributed by atoms with Crippen LogP contribution in [-0.4, -0.2) is 0 Å². The molecule has 0 aliphatic heterocycles. The molecule has 4 unspecified atom stereocenters. The Balaban J connectivity index is 0.000000289. The first-order chi connectivity index (χ1) is 32.4. The summed E-state index contributed by atoms with van der Waals surface area (Å²) in [5.74, 6) is 1.94. The lowest BCUT2D eigenvalue weighted by atomic mass is 9.72. The Bertz CT molecular complexity index is 2650. The third-order valence-electron chi connectivity index (χ3n) is 14.4. The largest absolute Gasteiger partial charge is 0.0870 e. The fourth-order valence-corrected chi connectivity index (χ4v) is 9.81. The molecule has 0 saturated carbocycles. The van der Waals surface area contributed by atoms with Crippen LogP contribution in [0.25, 0.3) is 27.5 Å². The highest BCUT2D eigenvalue weighted by Crippen LogP contribution is 2.53. The first kappa shape index (κ1) is 55.1. The molecule has 6 aromatic carbocycles. The summed E-state index contributed by atoms with van der Waals surface area (Å²) in [5.41, 5.74) is 22.9. The first-order valence-electron chi connectivity index (χ1n) is 26.0. The van der Waals surface area contributed by atoms with E-state index in [9.17, 15) is 0 Å². The lowest BCUT2D eigenvalue weighted by Gasteiger charge is -2.33. The van der Waals surface area contributed by atoms with E-state index in [2.05, 4.69) is 238 Å². The van der Waals surface area contributed by atoms with Crippen molar-refractivity contribution in [1.82, 2.24) is 0 Å². The van der Waals surface area contributed by atoms with Gasteiger partial charge in [0.25, 0.3) is 0 Å². The molecule has 0 heteroatoms. The van der Waals surface area contributed by atoms with Crippen LogP contribution in [-0.2, 0) is 5.41 Å². The normalized spacial score (nSPS) is 17.0. The fraction of sp³-hybridized carbons (Fsp3) is 0.382. The lowest BCUT2D eigenvalue weighted by molar-refractivity contribution is 0.550. The third kappa shape index (κ3) is 13.4. The van der Waals surface area contributed by atoms with Gasteiger partial charge >= 0.3 is 0 Å².